The maximum Gasteiger partial charge on any atom is 0.157 e. The van der Waals surface area contributed by atoms with E-state index in [0.717, 1.165) is 17.1 Å². The zero-order valence-corrected chi connectivity index (χ0v) is 15.7. The fraction of sp³-hybridized carbons (Fsp3) is 0.250. The predicted octanol–water partition coefficient (Wildman–Crippen LogP) is 4.27. The van der Waals surface area contributed by atoms with Crippen LogP contribution in [0.25, 0.3) is 5.57 Å². The van der Waals surface area contributed by atoms with Crippen LogP contribution in [0.4, 0.5) is 14.5 Å². The number of nitrogens with zero attached hydrogens (tertiary/aromatic N) is 2. The number of allylic oxidation sites excluding steroid dienone is 4. The van der Waals surface area contributed by atoms with Crippen molar-refractivity contribution in [2.45, 2.75) is 13.8 Å². The van der Waals surface area contributed by atoms with Gasteiger partial charge in [-0.1, -0.05) is 12.7 Å². The van der Waals surface area contributed by atoms with Crippen LogP contribution in [0.5, 0.6) is 0 Å². The molecule has 1 heterocycles. The summed E-state index contributed by atoms with van der Waals surface area (Å²) in [5, 5.41) is 5.84. The molecule has 0 spiro atoms. The predicted molar refractivity (Wildman–Crippen MR) is 105 cm³/mol. The Bertz CT molecular complexity index is 848. The lowest BCUT2D eigenvalue weighted by atomic mass is 10.00. The number of halogens is 2. The van der Waals surface area contributed by atoms with E-state index in [0.29, 0.717) is 11.3 Å². The highest BCUT2D eigenvalue weighted by atomic mass is 19.1. The van der Waals surface area contributed by atoms with Gasteiger partial charge in [-0.15, -0.1) is 0 Å². The van der Waals surface area contributed by atoms with Gasteiger partial charge in [0.2, 0.25) is 0 Å². The molecule has 0 saturated heterocycles. The van der Waals surface area contributed by atoms with Crippen LogP contribution in [0.2, 0.25) is 0 Å². The molecule has 4 nitrogen and oxygen atoms in total. The van der Waals surface area contributed by atoms with E-state index in [1.807, 2.05) is 31.9 Å². The van der Waals surface area contributed by atoms with Gasteiger partial charge >= 0.3 is 0 Å². The van der Waals surface area contributed by atoms with Crippen LogP contribution in [0.15, 0.2) is 59.0 Å². The van der Waals surface area contributed by atoms with Crippen LogP contribution in [0.3, 0.4) is 0 Å². The summed E-state index contributed by atoms with van der Waals surface area (Å²) >= 11 is 0. The summed E-state index contributed by atoms with van der Waals surface area (Å²) in [5.41, 5.74) is 3.16. The maximum absolute atomic E-state index is 14.6. The van der Waals surface area contributed by atoms with Crippen molar-refractivity contribution in [1.29, 1.82) is 0 Å². The molecule has 0 unspecified atom stereocenters. The van der Waals surface area contributed by atoms with E-state index in [2.05, 4.69) is 22.2 Å². The van der Waals surface area contributed by atoms with Gasteiger partial charge in [0.15, 0.2) is 5.82 Å². The number of hydrogen-bond donors (Lipinski definition) is 2. The molecule has 0 aromatic heterocycles. The Labute approximate surface area is 153 Å². The molecule has 2 rings (SSSR count). The van der Waals surface area contributed by atoms with E-state index in [9.17, 15) is 8.78 Å². The summed E-state index contributed by atoms with van der Waals surface area (Å²) in [6.07, 6.45) is 5.22. The minimum Gasteiger partial charge on any atom is -0.386 e. The second kappa shape index (κ2) is 7.99. The second-order valence-electron chi connectivity index (χ2n) is 5.99. The maximum atomic E-state index is 14.6. The molecular weight excluding hydrogens is 334 g/mol. The largest absolute Gasteiger partial charge is 0.386 e. The molecule has 0 amide bonds. The lowest BCUT2D eigenvalue weighted by Gasteiger charge is -2.25. The average Bonchev–Trinajstić information content (AvgIpc) is 2.61. The van der Waals surface area contributed by atoms with Gasteiger partial charge in [-0.3, -0.25) is 4.99 Å². The first-order valence-corrected chi connectivity index (χ1v) is 8.19. The molecule has 1 aromatic rings. The number of anilines is 1. The molecule has 6 heteroatoms. The third-order valence-corrected chi connectivity index (χ3v) is 4.29. The molecule has 1 aliphatic rings. The minimum absolute atomic E-state index is 0.0532. The molecule has 0 bridgehead atoms. The van der Waals surface area contributed by atoms with E-state index in [1.165, 1.54) is 12.1 Å². The number of aliphatic imine (C=N–C) groups is 1. The van der Waals surface area contributed by atoms with E-state index >= 15 is 0 Å². The van der Waals surface area contributed by atoms with Gasteiger partial charge in [-0.2, -0.15) is 0 Å². The number of nitrogens with one attached hydrogen (secondary N) is 2. The first kappa shape index (κ1) is 19.4. The van der Waals surface area contributed by atoms with Crippen LogP contribution in [0, 0.1) is 11.6 Å². The van der Waals surface area contributed by atoms with E-state index < -0.39 is 11.6 Å². The summed E-state index contributed by atoms with van der Waals surface area (Å²) in [6.45, 7) is 7.80. The number of rotatable bonds is 4. The van der Waals surface area contributed by atoms with Crippen LogP contribution in [-0.2, 0) is 0 Å². The van der Waals surface area contributed by atoms with Crippen LogP contribution in [-0.4, -0.2) is 31.9 Å². The first-order valence-electron chi connectivity index (χ1n) is 8.19. The monoisotopic (exact) mass is 358 g/mol. The van der Waals surface area contributed by atoms with E-state index in [-0.39, 0.29) is 11.3 Å². The molecule has 2 N–H and O–H groups in total. The zero-order chi connectivity index (χ0) is 19.4. The average molecular weight is 358 g/mol. The Morgan fingerprint density at radius 2 is 1.88 bits per heavy atom. The quantitative estimate of drug-likeness (QED) is 0.624. The lowest BCUT2D eigenvalue weighted by Crippen LogP contribution is -2.22. The normalized spacial score (nSPS) is 16.3. The van der Waals surface area contributed by atoms with Crippen molar-refractivity contribution >= 4 is 17.1 Å². The van der Waals surface area contributed by atoms with Crippen molar-refractivity contribution in [1.82, 2.24) is 10.2 Å². The fourth-order valence-electron chi connectivity index (χ4n) is 2.68. The van der Waals surface area contributed by atoms with Gasteiger partial charge in [-0.25, -0.2) is 8.78 Å². The van der Waals surface area contributed by atoms with Crippen molar-refractivity contribution in [2.24, 2.45) is 4.99 Å². The summed E-state index contributed by atoms with van der Waals surface area (Å²) in [5.74, 6) is -0.459. The highest BCUT2D eigenvalue weighted by molar-refractivity contribution is 5.82. The van der Waals surface area contributed by atoms with Crippen molar-refractivity contribution in [3.05, 3.63) is 71.2 Å². The number of hydrogen-bond acceptors (Lipinski definition) is 3. The van der Waals surface area contributed by atoms with Crippen molar-refractivity contribution < 1.29 is 8.78 Å². The summed E-state index contributed by atoms with van der Waals surface area (Å²) in [7, 11) is 5.12. The zero-order valence-electron chi connectivity index (χ0n) is 15.7. The SMILES string of the molecule is C=C(NC(C)=NC)/C(C)=C1\C=CC(c2c(F)ccc(NC)c2F)=CN1C. The molecule has 1 aliphatic heterocycles. The first-order chi connectivity index (χ1) is 12.3. The van der Waals surface area contributed by atoms with Gasteiger partial charge in [0.05, 0.1) is 17.1 Å². The second-order valence-corrected chi connectivity index (χ2v) is 5.99. The molecule has 0 aliphatic carbocycles. The molecule has 0 fully saturated rings. The van der Waals surface area contributed by atoms with Crippen LogP contribution in [0.1, 0.15) is 19.4 Å². The molecule has 0 saturated carbocycles. The topological polar surface area (TPSA) is 39.7 Å². The Morgan fingerprint density at radius 3 is 2.46 bits per heavy atom. The smallest absolute Gasteiger partial charge is 0.157 e. The highest BCUT2D eigenvalue weighted by Crippen LogP contribution is 2.32. The third kappa shape index (κ3) is 3.85. The van der Waals surface area contributed by atoms with Gasteiger partial charge in [0.1, 0.15) is 5.82 Å². The Balaban J connectivity index is 2.39. The third-order valence-electron chi connectivity index (χ3n) is 4.29. The molecule has 0 atom stereocenters. The van der Waals surface area contributed by atoms with E-state index in [4.69, 9.17) is 0 Å². The summed E-state index contributed by atoms with van der Waals surface area (Å²) < 4.78 is 28.8. The van der Waals surface area contributed by atoms with Crippen molar-refractivity contribution in [3.63, 3.8) is 0 Å². The number of amidine groups is 1. The molecular formula is C20H24F2N4. The number of benzene rings is 1. The van der Waals surface area contributed by atoms with E-state index in [1.54, 1.807) is 26.4 Å². The highest BCUT2D eigenvalue weighted by Gasteiger charge is 2.19. The minimum atomic E-state index is -0.609. The summed E-state index contributed by atoms with van der Waals surface area (Å²) in [4.78, 5) is 5.87. The Morgan fingerprint density at radius 1 is 1.19 bits per heavy atom. The van der Waals surface area contributed by atoms with Gasteiger partial charge in [-0.05, 0) is 37.6 Å². The van der Waals surface area contributed by atoms with Crippen molar-refractivity contribution in [3.8, 4) is 0 Å². The van der Waals surface area contributed by atoms with Gasteiger partial charge in [0.25, 0.3) is 0 Å². The molecule has 26 heavy (non-hydrogen) atoms. The molecule has 0 radical (unpaired) electrons. The lowest BCUT2D eigenvalue weighted by molar-refractivity contribution is 0.566. The van der Waals surface area contributed by atoms with Crippen molar-refractivity contribution in [2.75, 3.05) is 26.5 Å². The molecule has 138 valence electrons. The number of likely N-dealkylation sites (N-methyl/N-ethyl adjacent to an activating group) is 1. The van der Waals surface area contributed by atoms with Gasteiger partial charge < -0.3 is 15.5 Å². The Hall–Kier alpha value is -2.89. The fourth-order valence-corrected chi connectivity index (χ4v) is 2.68. The summed E-state index contributed by atoms with van der Waals surface area (Å²) in [6, 6.07) is 2.64. The van der Waals surface area contributed by atoms with Crippen LogP contribution >= 0.6 is 0 Å². The molecule has 1 aromatic carbocycles. The van der Waals surface area contributed by atoms with Gasteiger partial charge in [0, 0.05) is 44.3 Å². The Kier molecular flexibility index (Phi) is 5.97. The van der Waals surface area contributed by atoms with Crippen LogP contribution < -0.4 is 10.6 Å². The standard InChI is InChI=1S/C20H24F2N4/c1-12(13(2)25-14(3)23-4)18-10-7-15(11-26(18)6)19-16(21)8-9-17(24-5)20(19)22/h7-11,24H,2H2,1,3-6H3,(H,23,25)/b18-12+.